The molecular formula is C8H13N3. The summed E-state index contributed by atoms with van der Waals surface area (Å²) in [6.07, 6.45) is 0.574. The van der Waals surface area contributed by atoms with Gasteiger partial charge >= 0.3 is 0 Å². The van der Waals surface area contributed by atoms with Crippen molar-refractivity contribution in [2.75, 3.05) is 6.54 Å². The summed E-state index contributed by atoms with van der Waals surface area (Å²) in [5.41, 5.74) is 0. The van der Waals surface area contributed by atoms with Gasteiger partial charge in [0.15, 0.2) is 0 Å². The molecule has 0 radical (unpaired) electrons. The molecule has 4 unspecified atom stereocenters. The molecule has 0 saturated carbocycles. The standard InChI is InChI=1S/C8H13N3/c1-5-7(3-9)6(2)11-4-8(11)10-5/h5-8,10H,4H2,1-2H3/t5-,6?,7?,8?,11?/m1/s1. The van der Waals surface area contributed by atoms with Crippen LogP contribution in [0.4, 0.5) is 0 Å². The van der Waals surface area contributed by atoms with Gasteiger partial charge in [0.1, 0.15) is 0 Å². The third-order valence-corrected chi connectivity index (χ3v) is 2.84. The molecule has 3 heteroatoms. The highest BCUT2D eigenvalue weighted by atomic mass is 15.5. The van der Waals surface area contributed by atoms with Crippen LogP contribution in [0.25, 0.3) is 0 Å². The zero-order chi connectivity index (χ0) is 8.01. The van der Waals surface area contributed by atoms with Gasteiger partial charge in [0.2, 0.25) is 0 Å². The summed E-state index contributed by atoms with van der Waals surface area (Å²) in [6.45, 7) is 5.37. The van der Waals surface area contributed by atoms with Gasteiger partial charge in [-0.1, -0.05) is 0 Å². The second kappa shape index (κ2) is 2.20. The molecule has 2 fully saturated rings. The third-order valence-electron chi connectivity index (χ3n) is 2.84. The molecule has 2 saturated heterocycles. The first kappa shape index (κ1) is 7.08. The van der Waals surface area contributed by atoms with E-state index in [0.29, 0.717) is 18.2 Å². The number of fused-ring (bicyclic) bond motifs is 1. The Hall–Kier alpha value is -0.590. The summed E-state index contributed by atoms with van der Waals surface area (Å²) in [5, 5.41) is 12.2. The predicted octanol–water partition coefficient (Wildman–Crippen LogP) is 0.148. The molecule has 0 aromatic heterocycles. The number of nitrogens with one attached hydrogen (secondary N) is 1. The Kier molecular flexibility index (Phi) is 1.41. The predicted molar refractivity (Wildman–Crippen MR) is 41.7 cm³/mol. The van der Waals surface area contributed by atoms with Gasteiger partial charge in [0.05, 0.1) is 18.2 Å². The Balaban J connectivity index is 2.12. The number of hydrogen-bond acceptors (Lipinski definition) is 3. The fourth-order valence-electron chi connectivity index (χ4n) is 2.00. The fraction of sp³-hybridized carbons (Fsp3) is 0.875. The van der Waals surface area contributed by atoms with Crippen LogP contribution in [0.3, 0.4) is 0 Å². The van der Waals surface area contributed by atoms with E-state index in [-0.39, 0.29) is 5.92 Å². The van der Waals surface area contributed by atoms with Crippen LogP contribution >= 0.6 is 0 Å². The van der Waals surface area contributed by atoms with Gasteiger partial charge < -0.3 is 0 Å². The highest BCUT2D eigenvalue weighted by Gasteiger charge is 2.47. The van der Waals surface area contributed by atoms with Crippen LogP contribution in [0.15, 0.2) is 0 Å². The van der Waals surface area contributed by atoms with Gasteiger partial charge in [0.25, 0.3) is 0 Å². The van der Waals surface area contributed by atoms with Gasteiger partial charge in [-0.25, -0.2) is 0 Å². The minimum atomic E-state index is 0.161. The highest BCUT2D eigenvalue weighted by Crippen LogP contribution is 2.30. The Morgan fingerprint density at radius 1 is 1.55 bits per heavy atom. The number of nitrogens with zero attached hydrogens (tertiary/aromatic N) is 2. The fourth-order valence-corrected chi connectivity index (χ4v) is 2.00. The second-order valence-corrected chi connectivity index (χ2v) is 3.56. The molecule has 5 atom stereocenters. The molecule has 0 bridgehead atoms. The summed E-state index contributed by atoms with van der Waals surface area (Å²) >= 11 is 0. The van der Waals surface area contributed by atoms with Crippen LogP contribution in [0, 0.1) is 17.2 Å². The summed E-state index contributed by atoms with van der Waals surface area (Å²) in [4.78, 5) is 2.33. The molecule has 2 heterocycles. The minimum Gasteiger partial charge on any atom is -0.297 e. The van der Waals surface area contributed by atoms with Crippen molar-refractivity contribution in [1.29, 1.82) is 5.26 Å². The molecule has 0 spiro atoms. The van der Waals surface area contributed by atoms with Gasteiger partial charge in [-0.05, 0) is 13.8 Å². The average molecular weight is 151 g/mol. The van der Waals surface area contributed by atoms with Crippen LogP contribution in [-0.4, -0.2) is 29.7 Å². The lowest BCUT2D eigenvalue weighted by Crippen LogP contribution is -2.49. The van der Waals surface area contributed by atoms with E-state index in [1.54, 1.807) is 0 Å². The van der Waals surface area contributed by atoms with E-state index in [1.807, 2.05) is 0 Å². The zero-order valence-corrected chi connectivity index (χ0v) is 6.91. The van der Waals surface area contributed by atoms with Crippen LogP contribution in [0.1, 0.15) is 13.8 Å². The first-order valence-electron chi connectivity index (χ1n) is 4.15. The minimum absolute atomic E-state index is 0.161. The van der Waals surface area contributed by atoms with Crippen molar-refractivity contribution >= 4 is 0 Å². The molecule has 2 aliphatic heterocycles. The quantitative estimate of drug-likeness (QED) is 0.501. The summed E-state index contributed by atoms with van der Waals surface area (Å²) in [7, 11) is 0. The molecule has 2 aliphatic rings. The molecule has 1 N–H and O–H groups in total. The van der Waals surface area contributed by atoms with Crippen molar-refractivity contribution in [2.45, 2.75) is 32.1 Å². The first-order valence-corrected chi connectivity index (χ1v) is 4.15. The van der Waals surface area contributed by atoms with Crippen LogP contribution in [-0.2, 0) is 0 Å². The Morgan fingerprint density at radius 2 is 2.27 bits per heavy atom. The van der Waals surface area contributed by atoms with E-state index in [4.69, 9.17) is 5.26 Å². The normalized spacial score (nSPS) is 54.5. The highest BCUT2D eigenvalue weighted by molar-refractivity contribution is 5.08. The van der Waals surface area contributed by atoms with Crippen molar-refractivity contribution in [3.05, 3.63) is 0 Å². The average Bonchev–Trinajstić information content (AvgIpc) is 2.68. The van der Waals surface area contributed by atoms with Gasteiger partial charge in [-0.15, -0.1) is 0 Å². The maximum absolute atomic E-state index is 8.85. The molecule has 60 valence electrons. The number of nitriles is 1. The Morgan fingerprint density at radius 3 is 2.91 bits per heavy atom. The van der Waals surface area contributed by atoms with Crippen molar-refractivity contribution in [3.8, 4) is 6.07 Å². The largest absolute Gasteiger partial charge is 0.297 e. The lowest BCUT2D eigenvalue weighted by molar-refractivity contribution is 0.211. The Labute approximate surface area is 67.0 Å². The van der Waals surface area contributed by atoms with Gasteiger partial charge in [-0.2, -0.15) is 5.26 Å². The molecule has 0 aliphatic carbocycles. The molecule has 0 aromatic carbocycles. The van der Waals surface area contributed by atoms with Crippen molar-refractivity contribution in [3.63, 3.8) is 0 Å². The molecule has 0 amide bonds. The Bertz CT molecular complexity index is 208. The number of rotatable bonds is 0. The van der Waals surface area contributed by atoms with Gasteiger partial charge in [-0.3, -0.25) is 10.2 Å². The molecule has 2 rings (SSSR count). The third kappa shape index (κ3) is 0.943. The second-order valence-electron chi connectivity index (χ2n) is 3.56. The van der Waals surface area contributed by atoms with Crippen molar-refractivity contribution in [1.82, 2.24) is 10.2 Å². The SMILES string of the molecule is CC1C(C#N)[C@@H](C)NC2CN21. The van der Waals surface area contributed by atoms with Crippen LogP contribution in [0.2, 0.25) is 0 Å². The van der Waals surface area contributed by atoms with E-state index in [9.17, 15) is 0 Å². The molecule has 3 nitrogen and oxygen atoms in total. The number of hydrogen-bond donors (Lipinski definition) is 1. The summed E-state index contributed by atoms with van der Waals surface area (Å²) in [5.74, 6) is 0.161. The molecule has 0 aromatic rings. The van der Waals surface area contributed by atoms with E-state index >= 15 is 0 Å². The summed E-state index contributed by atoms with van der Waals surface area (Å²) < 4.78 is 0. The molecular weight excluding hydrogens is 138 g/mol. The van der Waals surface area contributed by atoms with Gasteiger partial charge in [0, 0.05) is 18.6 Å². The van der Waals surface area contributed by atoms with E-state index in [1.165, 1.54) is 0 Å². The summed E-state index contributed by atoms with van der Waals surface area (Å²) in [6, 6.07) is 3.16. The zero-order valence-electron chi connectivity index (χ0n) is 6.91. The topological polar surface area (TPSA) is 38.8 Å². The van der Waals surface area contributed by atoms with Crippen molar-refractivity contribution in [2.24, 2.45) is 5.92 Å². The maximum atomic E-state index is 8.85. The maximum Gasteiger partial charge on any atom is 0.0767 e. The van der Waals surface area contributed by atoms with E-state index in [0.717, 1.165) is 6.54 Å². The monoisotopic (exact) mass is 151 g/mol. The lowest BCUT2D eigenvalue weighted by Gasteiger charge is -2.31. The van der Waals surface area contributed by atoms with E-state index in [2.05, 4.69) is 30.1 Å². The van der Waals surface area contributed by atoms with Crippen molar-refractivity contribution < 1.29 is 0 Å². The molecule has 11 heavy (non-hydrogen) atoms. The first-order chi connectivity index (χ1) is 5.24. The smallest absolute Gasteiger partial charge is 0.0767 e. The van der Waals surface area contributed by atoms with Crippen LogP contribution < -0.4 is 5.32 Å². The van der Waals surface area contributed by atoms with E-state index < -0.39 is 0 Å². The van der Waals surface area contributed by atoms with Crippen LogP contribution in [0.5, 0.6) is 0 Å². The lowest BCUT2D eigenvalue weighted by atomic mass is 9.94.